The maximum Gasteiger partial charge on any atom is 0.573 e. The molecule has 130 valence electrons. The topological polar surface area (TPSA) is 44.7 Å². The first kappa shape index (κ1) is 17.1. The smallest absolute Gasteiger partial charge is 0.504 e. The van der Waals surface area contributed by atoms with Crippen LogP contribution in [0.4, 0.5) is 13.2 Å². The fourth-order valence-corrected chi connectivity index (χ4v) is 3.76. The van der Waals surface area contributed by atoms with Crippen LogP contribution in [-0.4, -0.2) is 42.5 Å². The number of rotatable bonds is 4. The summed E-state index contributed by atoms with van der Waals surface area (Å²) >= 11 is 1.51. The van der Waals surface area contributed by atoms with E-state index in [1.165, 1.54) is 17.4 Å². The van der Waals surface area contributed by atoms with Crippen molar-refractivity contribution in [2.45, 2.75) is 12.4 Å². The van der Waals surface area contributed by atoms with Crippen LogP contribution in [-0.2, 0) is 0 Å². The van der Waals surface area contributed by atoms with E-state index in [-0.39, 0.29) is 6.04 Å². The zero-order valence-electron chi connectivity index (χ0n) is 12.7. The number of nitrogens with one attached hydrogen (secondary N) is 1. The highest BCUT2D eigenvalue weighted by molar-refractivity contribution is 7.10. The number of ether oxygens (including phenoxy) is 1. The zero-order valence-corrected chi connectivity index (χ0v) is 13.5. The number of hydrogen-bond donors (Lipinski definition) is 2. The Hall–Kier alpha value is -1.77. The van der Waals surface area contributed by atoms with Crippen molar-refractivity contribution in [1.82, 2.24) is 10.2 Å². The molecule has 1 atom stereocenters. The van der Waals surface area contributed by atoms with E-state index in [9.17, 15) is 18.3 Å². The number of phenolic OH excluding ortho intramolecular Hbond substituents is 1. The molecule has 24 heavy (non-hydrogen) atoms. The van der Waals surface area contributed by atoms with E-state index in [1.807, 2.05) is 17.5 Å². The lowest BCUT2D eigenvalue weighted by Crippen LogP contribution is -2.45. The van der Waals surface area contributed by atoms with E-state index in [4.69, 9.17) is 0 Å². The van der Waals surface area contributed by atoms with Crippen molar-refractivity contribution in [3.63, 3.8) is 0 Å². The van der Waals surface area contributed by atoms with Gasteiger partial charge in [-0.2, -0.15) is 0 Å². The van der Waals surface area contributed by atoms with Crippen molar-refractivity contribution in [2.75, 3.05) is 26.2 Å². The number of thiophene rings is 1. The molecule has 2 N–H and O–H groups in total. The summed E-state index contributed by atoms with van der Waals surface area (Å²) in [6.07, 6.45) is -4.84. The number of halogens is 3. The van der Waals surface area contributed by atoms with Crippen molar-refractivity contribution >= 4 is 11.3 Å². The lowest BCUT2D eigenvalue weighted by atomic mass is 10.0. The van der Waals surface area contributed by atoms with Gasteiger partial charge < -0.3 is 15.2 Å². The Morgan fingerprint density at radius 1 is 1.17 bits per heavy atom. The minimum atomic E-state index is -4.84. The third-order valence-electron chi connectivity index (χ3n) is 3.88. The second-order valence-electron chi connectivity index (χ2n) is 5.45. The first-order valence-corrected chi connectivity index (χ1v) is 8.39. The molecule has 0 aliphatic carbocycles. The average Bonchev–Trinajstić information content (AvgIpc) is 3.05. The molecule has 4 nitrogen and oxygen atoms in total. The van der Waals surface area contributed by atoms with Gasteiger partial charge in [-0.05, 0) is 17.5 Å². The van der Waals surface area contributed by atoms with Crippen molar-refractivity contribution in [1.29, 1.82) is 0 Å². The van der Waals surface area contributed by atoms with Crippen molar-refractivity contribution in [2.24, 2.45) is 0 Å². The molecule has 1 fully saturated rings. The normalized spacial score (nSPS) is 17.6. The largest absolute Gasteiger partial charge is 0.573 e. The summed E-state index contributed by atoms with van der Waals surface area (Å²) in [6.45, 7) is 3.07. The summed E-state index contributed by atoms with van der Waals surface area (Å²) in [7, 11) is 0. The molecular formula is C16H17F3N2O2S. The first-order chi connectivity index (χ1) is 11.5. The van der Waals surface area contributed by atoms with Crippen LogP contribution in [0.15, 0.2) is 35.7 Å². The monoisotopic (exact) mass is 358 g/mol. The SMILES string of the molecule is Oc1c(OC(F)(F)F)cccc1[C@H](c1cccs1)N1CCNCC1. The molecule has 3 rings (SSSR count). The van der Waals surface area contributed by atoms with Crippen LogP contribution in [0.5, 0.6) is 11.5 Å². The second-order valence-corrected chi connectivity index (χ2v) is 6.42. The molecule has 0 unspecified atom stereocenters. The molecule has 1 aromatic carbocycles. The Balaban J connectivity index is 2.00. The maximum absolute atomic E-state index is 12.5. The Morgan fingerprint density at radius 3 is 2.54 bits per heavy atom. The van der Waals surface area contributed by atoms with E-state index in [1.54, 1.807) is 6.07 Å². The molecule has 0 amide bonds. The Morgan fingerprint density at radius 2 is 1.92 bits per heavy atom. The molecule has 1 aliphatic heterocycles. The number of hydrogen-bond acceptors (Lipinski definition) is 5. The van der Waals surface area contributed by atoms with Gasteiger partial charge in [-0.15, -0.1) is 24.5 Å². The molecule has 0 saturated carbocycles. The molecule has 0 bridgehead atoms. The van der Waals surface area contributed by atoms with Crippen LogP contribution in [0.1, 0.15) is 16.5 Å². The minimum Gasteiger partial charge on any atom is -0.504 e. The minimum absolute atomic E-state index is 0.302. The van der Waals surface area contributed by atoms with Crippen molar-refractivity contribution < 1.29 is 23.0 Å². The van der Waals surface area contributed by atoms with Gasteiger partial charge in [0, 0.05) is 36.6 Å². The van der Waals surface area contributed by atoms with Crippen LogP contribution >= 0.6 is 11.3 Å². The summed E-state index contributed by atoms with van der Waals surface area (Å²) in [4.78, 5) is 3.12. The predicted molar refractivity (Wildman–Crippen MR) is 85.4 cm³/mol. The number of para-hydroxylation sites is 1. The molecular weight excluding hydrogens is 341 g/mol. The Labute approximate surface area is 141 Å². The fraction of sp³-hybridized carbons (Fsp3) is 0.375. The zero-order chi connectivity index (χ0) is 17.2. The quantitative estimate of drug-likeness (QED) is 0.880. The van der Waals surface area contributed by atoms with Gasteiger partial charge in [0.25, 0.3) is 0 Å². The predicted octanol–water partition coefficient (Wildman–Crippen LogP) is 3.35. The van der Waals surface area contributed by atoms with Gasteiger partial charge in [0.2, 0.25) is 0 Å². The summed E-state index contributed by atoms with van der Waals surface area (Å²) in [5.74, 6) is -1.04. The first-order valence-electron chi connectivity index (χ1n) is 7.51. The third kappa shape index (κ3) is 3.82. The number of piperazine rings is 1. The van der Waals surface area contributed by atoms with Crippen LogP contribution in [0, 0.1) is 0 Å². The standard InChI is InChI=1S/C16H17F3N2O2S/c17-16(18,19)23-12-4-1-3-11(15(12)22)14(13-5-2-10-24-13)21-8-6-20-7-9-21/h1-5,10,14,20,22H,6-9H2/t14-/m1/s1. The Kier molecular flexibility index (Phi) is 4.98. The second kappa shape index (κ2) is 7.00. The molecule has 0 radical (unpaired) electrons. The van der Waals surface area contributed by atoms with E-state index in [2.05, 4.69) is 15.0 Å². The highest BCUT2D eigenvalue weighted by Crippen LogP contribution is 2.42. The average molecular weight is 358 g/mol. The van der Waals surface area contributed by atoms with Gasteiger partial charge in [-0.3, -0.25) is 4.90 Å². The molecule has 1 aliphatic rings. The van der Waals surface area contributed by atoms with Gasteiger partial charge in [0.1, 0.15) is 0 Å². The van der Waals surface area contributed by atoms with Gasteiger partial charge in [-0.25, -0.2) is 0 Å². The summed E-state index contributed by atoms with van der Waals surface area (Å²) in [6, 6.07) is 7.75. The molecule has 0 spiro atoms. The number of nitrogens with zero attached hydrogens (tertiary/aromatic N) is 1. The van der Waals surface area contributed by atoms with Crippen LogP contribution < -0.4 is 10.1 Å². The van der Waals surface area contributed by atoms with Gasteiger partial charge in [0.05, 0.1) is 6.04 Å². The van der Waals surface area contributed by atoms with Crippen LogP contribution in [0.3, 0.4) is 0 Å². The molecule has 8 heteroatoms. The highest BCUT2D eigenvalue weighted by Gasteiger charge is 2.34. The van der Waals surface area contributed by atoms with Crippen molar-refractivity contribution in [3.8, 4) is 11.5 Å². The molecule has 2 heterocycles. The van der Waals surface area contributed by atoms with Crippen LogP contribution in [0.2, 0.25) is 0 Å². The van der Waals surface area contributed by atoms with E-state index in [0.717, 1.165) is 37.1 Å². The van der Waals surface area contributed by atoms with Crippen molar-refractivity contribution in [3.05, 3.63) is 46.2 Å². The Bertz CT molecular complexity index is 670. The van der Waals surface area contributed by atoms with Gasteiger partial charge >= 0.3 is 6.36 Å². The van der Waals surface area contributed by atoms with E-state index < -0.39 is 17.9 Å². The van der Waals surface area contributed by atoms with Crippen LogP contribution in [0.25, 0.3) is 0 Å². The number of phenols is 1. The summed E-state index contributed by atoms with van der Waals surface area (Å²) < 4.78 is 41.5. The molecule has 2 aromatic rings. The summed E-state index contributed by atoms with van der Waals surface area (Å²) in [5.41, 5.74) is 0.418. The highest BCUT2D eigenvalue weighted by atomic mass is 32.1. The van der Waals surface area contributed by atoms with E-state index >= 15 is 0 Å². The van der Waals surface area contributed by atoms with Gasteiger partial charge in [-0.1, -0.05) is 18.2 Å². The number of benzene rings is 1. The maximum atomic E-state index is 12.5. The third-order valence-corrected chi connectivity index (χ3v) is 4.80. The lowest BCUT2D eigenvalue weighted by molar-refractivity contribution is -0.275. The van der Waals surface area contributed by atoms with Gasteiger partial charge in [0.15, 0.2) is 11.5 Å². The fourth-order valence-electron chi connectivity index (χ4n) is 2.88. The molecule has 1 saturated heterocycles. The molecule has 1 aromatic heterocycles. The number of aromatic hydroxyl groups is 1. The summed E-state index contributed by atoms with van der Waals surface area (Å²) in [5, 5.41) is 15.6. The number of alkyl halides is 3. The van der Waals surface area contributed by atoms with E-state index in [0.29, 0.717) is 5.56 Å². The lowest BCUT2D eigenvalue weighted by Gasteiger charge is -2.35.